The van der Waals surface area contributed by atoms with Crippen LogP contribution in [0.5, 0.6) is 0 Å². The molecule has 1 saturated carbocycles. The monoisotopic (exact) mass is 280 g/mol. The molecule has 2 nitrogen and oxygen atoms in total. The minimum Gasteiger partial charge on any atom is -0.313 e. The molecule has 0 aromatic carbocycles. The van der Waals surface area contributed by atoms with Crippen molar-refractivity contribution in [2.45, 2.75) is 84.7 Å². The summed E-state index contributed by atoms with van der Waals surface area (Å²) in [7, 11) is 0. The predicted molar refractivity (Wildman–Crippen MR) is 88.1 cm³/mol. The summed E-state index contributed by atoms with van der Waals surface area (Å²) in [6.45, 7) is 13.5. The fourth-order valence-corrected chi connectivity index (χ4v) is 4.42. The van der Waals surface area contributed by atoms with E-state index in [0.717, 1.165) is 18.0 Å². The molecule has 1 heterocycles. The minimum atomic E-state index is 0.567. The van der Waals surface area contributed by atoms with Crippen LogP contribution in [0.4, 0.5) is 0 Å². The smallest absolute Gasteiger partial charge is 0.0195 e. The fraction of sp³-hybridized carbons (Fsp3) is 1.00. The molecule has 0 spiro atoms. The number of nitrogens with zero attached hydrogens (tertiary/aromatic N) is 1. The summed E-state index contributed by atoms with van der Waals surface area (Å²) < 4.78 is 0. The Hall–Kier alpha value is -0.0800. The van der Waals surface area contributed by atoms with Gasteiger partial charge >= 0.3 is 0 Å². The molecule has 1 aliphatic heterocycles. The first kappa shape index (κ1) is 16.3. The van der Waals surface area contributed by atoms with Crippen LogP contribution in [0.1, 0.15) is 72.6 Å². The molecule has 118 valence electrons. The van der Waals surface area contributed by atoms with Crippen molar-refractivity contribution < 1.29 is 0 Å². The van der Waals surface area contributed by atoms with E-state index in [-0.39, 0.29) is 0 Å². The average Bonchev–Trinajstić information content (AvgIpc) is 2.87. The molecular formula is C18H36N2. The minimum absolute atomic E-state index is 0.567. The standard InChI is InChI=1S/C18H36N2/c1-5-6-12-20(14-16-8-7-11-19-16)17-9-10-18(3,4)13-15(17)2/h15-17,19H,5-14H2,1-4H3. The number of nitrogens with one attached hydrogen (secondary N) is 1. The molecule has 2 heteroatoms. The Morgan fingerprint density at radius 3 is 2.65 bits per heavy atom. The maximum absolute atomic E-state index is 3.69. The molecule has 0 bridgehead atoms. The zero-order valence-electron chi connectivity index (χ0n) is 14.3. The van der Waals surface area contributed by atoms with Gasteiger partial charge in [-0.15, -0.1) is 0 Å². The van der Waals surface area contributed by atoms with Crippen LogP contribution < -0.4 is 5.32 Å². The van der Waals surface area contributed by atoms with E-state index in [4.69, 9.17) is 0 Å². The van der Waals surface area contributed by atoms with Crippen LogP contribution in [-0.2, 0) is 0 Å². The van der Waals surface area contributed by atoms with Gasteiger partial charge in [-0.1, -0.05) is 34.1 Å². The van der Waals surface area contributed by atoms with E-state index in [2.05, 4.69) is 37.9 Å². The third-order valence-electron chi connectivity index (χ3n) is 5.53. The van der Waals surface area contributed by atoms with Crippen molar-refractivity contribution in [3.05, 3.63) is 0 Å². The van der Waals surface area contributed by atoms with Crippen LogP contribution in [0, 0.1) is 11.3 Å². The van der Waals surface area contributed by atoms with E-state index < -0.39 is 0 Å². The Bertz CT molecular complexity index is 281. The lowest BCUT2D eigenvalue weighted by molar-refractivity contribution is 0.0540. The second kappa shape index (κ2) is 7.26. The quantitative estimate of drug-likeness (QED) is 0.789. The summed E-state index contributed by atoms with van der Waals surface area (Å²) in [5.74, 6) is 0.858. The maximum Gasteiger partial charge on any atom is 0.0195 e. The first-order valence-corrected chi connectivity index (χ1v) is 8.99. The first-order valence-electron chi connectivity index (χ1n) is 8.99. The molecule has 0 radical (unpaired) electrons. The molecule has 0 aromatic heterocycles. The lowest BCUT2D eigenvalue weighted by atomic mass is 9.70. The molecule has 1 saturated heterocycles. The molecule has 3 atom stereocenters. The molecule has 1 N–H and O–H groups in total. The Labute approximate surface area is 126 Å². The Morgan fingerprint density at radius 2 is 2.05 bits per heavy atom. The van der Waals surface area contributed by atoms with E-state index in [9.17, 15) is 0 Å². The number of rotatable bonds is 6. The van der Waals surface area contributed by atoms with Crippen molar-refractivity contribution in [1.82, 2.24) is 10.2 Å². The summed E-state index contributed by atoms with van der Waals surface area (Å²) in [5.41, 5.74) is 0.567. The molecule has 0 aromatic rings. The highest BCUT2D eigenvalue weighted by molar-refractivity contribution is 4.90. The van der Waals surface area contributed by atoms with Gasteiger partial charge in [0.2, 0.25) is 0 Å². The third kappa shape index (κ3) is 4.46. The lowest BCUT2D eigenvalue weighted by Gasteiger charge is -2.45. The third-order valence-corrected chi connectivity index (χ3v) is 5.53. The van der Waals surface area contributed by atoms with Gasteiger partial charge < -0.3 is 5.32 Å². The second-order valence-electron chi connectivity index (χ2n) is 8.09. The van der Waals surface area contributed by atoms with E-state index in [1.807, 2.05) is 0 Å². The van der Waals surface area contributed by atoms with Crippen molar-refractivity contribution in [2.75, 3.05) is 19.6 Å². The van der Waals surface area contributed by atoms with Crippen LogP contribution in [0.2, 0.25) is 0 Å². The Morgan fingerprint density at radius 1 is 1.25 bits per heavy atom. The van der Waals surface area contributed by atoms with Gasteiger partial charge in [-0.2, -0.15) is 0 Å². The van der Waals surface area contributed by atoms with E-state index in [0.29, 0.717) is 5.41 Å². The molecule has 2 aliphatic rings. The van der Waals surface area contributed by atoms with Crippen LogP contribution in [0.25, 0.3) is 0 Å². The van der Waals surface area contributed by atoms with Gasteiger partial charge in [0.1, 0.15) is 0 Å². The molecule has 2 rings (SSSR count). The second-order valence-corrected chi connectivity index (χ2v) is 8.09. The highest BCUT2D eigenvalue weighted by Gasteiger charge is 2.35. The zero-order chi connectivity index (χ0) is 14.6. The summed E-state index contributed by atoms with van der Waals surface area (Å²) in [4.78, 5) is 2.84. The normalized spacial score (nSPS) is 33.8. The van der Waals surface area contributed by atoms with E-state index >= 15 is 0 Å². The van der Waals surface area contributed by atoms with Crippen molar-refractivity contribution in [3.63, 3.8) is 0 Å². The van der Waals surface area contributed by atoms with Crippen molar-refractivity contribution in [2.24, 2.45) is 11.3 Å². The van der Waals surface area contributed by atoms with Gasteiger partial charge in [-0.3, -0.25) is 4.90 Å². The van der Waals surface area contributed by atoms with Gasteiger partial charge in [-0.05, 0) is 62.9 Å². The van der Waals surface area contributed by atoms with Gasteiger partial charge in [0.05, 0.1) is 0 Å². The van der Waals surface area contributed by atoms with Gasteiger partial charge in [0, 0.05) is 18.6 Å². The van der Waals surface area contributed by atoms with Gasteiger partial charge in [0.15, 0.2) is 0 Å². The summed E-state index contributed by atoms with van der Waals surface area (Å²) >= 11 is 0. The zero-order valence-corrected chi connectivity index (χ0v) is 14.3. The largest absolute Gasteiger partial charge is 0.313 e. The molecule has 1 aliphatic carbocycles. The highest BCUT2D eigenvalue weighted by Crippen LogP contribution is 2.40. The molecular weight excluding hydrogens is 244 g/mol. The summed E-state index contributed by atoms with van der Waals surface area (Å²) in [6, 6.07) is 1.59. The summed E-state index contributed by atoms with van der Waals surface area (Å²) in [5, 5.41) is 3.69. The van der Waals surface area contributed by atoms with Crippen molar-refractivity contribution in [1.29, 1.82) is 0 Å². The first-order chi connectivity index (χ1) is 9.52. The predicted octanol–water partition coefficient (Wildman–Crippen LogP) is 4.06. The van der Waals surface area contributed by atoms with Crippen LogP contribution in [0.3, 0.4) is 0 Å². The van der Waals surface area contributed by atoms with Gasteiger partial charge in [0.25, 0.3) is 0 Å². The number of unbranched alkanes of at least 4 members (excludes halogenated alkanes) is 1. The summed E-state index contributed by atoms with van der Waals surface area (Å²) in [6.07, 6.45) is 9.65. The number of hydrogen-bond acceptors (Lipinski definition) is 2. The molecule has 0 amide bonds. The number of hydrogen-bond donors (Lipinski definition) is 1. The lowest BCUT2D eigenvalue weighted by Crippen LogP contribution is -2.49. The van der Waals surface area contributed by atoms with Crippen LogP contribution in [0.15, 0.2) is 0 Å². The highest BCUT2D eigenvalue weighted by atomic mass is 15.2. The average molecular weight is 280 g/mol. The van der Waals surface area contributed by atoms with Crippen molar-refractivity contribution in [3.8, 4) is 0 Å². The SMILES string of the molecule is CCCCN(CC1CCCN1)C1CCC(C)(C)CC1C. The van der Waals surface area contributed by atoms with Crippen LogP contribution in [-0.4, -0.2) is 36.6 Å². The van der Waals surface area contributed by atoms with Crippen molar-refractivity contribution >= 4 is 0 Å². The van der Waals surface area contributed by atoms with E-state index in [1.165, 1.54) is 64.6 Å². The van der Waals surface area contributed by atoms with E-state index in [1.54, 1.807) is 0 Å². The molecule has 20 heavy (non-hydrogen) atoms. The Balaban J connectivity index is 1.94. The van der Waals surface area contributed by atoms with Crippen LogP contribution >= 0.6 is 0 Å². The fourth-order valence-electron chi connectivity index (χ4n) is 4.42. The Kier molecular flexibility index (Phi) is 5.92. The topological polar surface area (TPSA) is 15.3 Å². The maximum atomic E-state index is 3.69. The molecule has 2 fully saturated rings. The molecule has 3 unspecified atom stereocenters. The van der Waals surface area contributed by atoms with Gasteiger partial charge in [-0.25, -0.2) is 0 Å².